The second kappa shape index (κ2) is 5.97. The molecule has 0 saturated heterocycles. The maximum absolute atomic E-state index is 13.7. The number of aliphatic hydroxyl groups is 1. The van der Waals surface area contributed by atoms with Crippen molar-refractivity contribution in [2.24, 2.45) is 0 Å². The zero-order chi connectivity index (χ0) is 13.0. The van der Waals surface area contributed by atoms with E-state index in [1.54, 1.807) is 0 Å². The van der Waals surface area contributed by atoms with Crippen molar-refractivity contribution in [1.82, 2.24) is 0 Å². The first kappa shape index (κ1) is 13.9. The maximum atomic E-state index is 13.7. The largest absolute Gasteiger partial charge is 0.506 e. The Labute approximate surface area is 106 Å². The summed E-state index contributed by atoms with van der Waals surface area (Å²) in [5, 5.41) is 18.6. The van der Waals surface area contributed by atoms with Gasteiger partial charge in [-0.2, -0.15) is 0 Å². The summed E-state index contributed by atoms with van der Waals surface area (Å²) in [5.74, 6) is -1.40. The average Bonchev–Trinajstić information content (AvgIpc) is 2.30. The Hall–Kier alpha value is -1.14. The Bertz CT molecular complexity index is 434. The molecule has 0 aliphatic rings. The minimum atomic E-state index is -0.622. The van der Waals surface area contributed by atoms with E-state index >= 15 is 0 Å². The van der Waals surface area contributed by atoms with Crippen LogP contribution in [0.2, 0.25) is 0 Å². The lowest BCUT2D eigenvalue weighted by Crippen LogP contribution is -2.10. The summed E-state index contributed by atoms with van der Waals surface area (Å²) in [7, 11) is 1.20. The van der Waals surface area contributed by atoms with Gasteiger partial charge >= 0.3 is 5.97 Å². The molecule has 1 rings (SSSR count). The van der Waals surface area contributed by atoms with Gasteiger partial charge in [-0.3, -0.25) is 4.79 Å². The van der Waals surface area contributed by atoms with Gasteiger partial charge in [0, 0.05) is 17.7 Å². The molecule has 0 bridgehead atoms. The summed E-state index contributed by atoms with van der Waals surface area (Å²) < 4.78 is 18.3. The molecule has 2 N–H and O–H groups in total. The van der Waals surface area contributed by atoms with E-state index < -0.39 is 11.8 Å². The van der Waals surface area contributed by atoms with Crippen LogP contribution in [0.25, 0.3) is 0 Å². The highest BCUT2D eigenvalue weighted by Crippen LogP contribution is 2.33. The zero-order valence-corrected chi connectivity index (χ0v) is 10.8. The lowest BCUT2D eigenvalue weighted by atomic mass is 10.0. The standard InChI is InChI=1S/C11H12BrFO4/c1-17-10(15)4-7-6(2-3-14)11(16)8(12)5-9(7)13/h5,14,16H,2-4H2,1H3. The van der Waals surface area contributed by atoms with Crippen molar-refractivity contribution in [3.63, 3.8) is 0 Å². The molecule has 94 valence electrons. The fraction of sp³-hybridized carbons (Fsp3) is 0.364. The van der Waals surface area contributed by atoms with E-state index in [4.69, 9.17) is 5.11 Å². The third-order valence-electron chi connectivity index (χ3n) is 2.33. The number of esters is 1. The van der Waals surface area contributed by atoms with Crippen molar-refractivity contribution in [1.29, 1.82) is 0 Å². The van der Waals surface area contributed by atoms with Crippen LogP contribution in [0.15, 0.2) is 10.5 Å². The molecule has 0 atom stereocenters. The quantitative estimate of drug-likeness (QED) is 0.828. The van der Waals surface area contributed by atoms with E-state index in [0.29, 0.717) is 0 Å². The topological polar surface area (TPSA) is 66.8 Å². The first-order valence-corrected chi connectivity index (χ1v) is 5.67. The van der Waals surface area contributed by atoms with Crippen LogP contribution in [0.5, 0.6) is 5.75 Å². The van der Waals surface area contributed by atoms with Crippen LogP contribution in [-0.4, -0.2) is 29.9 Å². The molecule has 1 aromatic carbocycles. The van der Waals surface area contributed by atoms with Gasteiger partial charge in [-0.25, -0.2) is 4.39 Å². The van der Waals surface area contributed by atoms with Gasteiger partial charge in [-0.15, -0.1) is 0 Å². The van der Waals surface area contributed by atoms with Gasteiger partial charge in [-0.1, -0.05) is 0 Å². The Balaban J connectivity index is 3.25. The molecule has 0 radical (unpaired) electrons. The summed E-state index contributed by atoms with van der Waals surface area (Å²) in [4.78, 5) is 11.1. The number of carbonyl (C=O) groups excluding carboxylic acids is 1. The highest BCUT2D eigenvalue weighted by Gasteiger charge is 2.19. The molecule has 0 amide bonds. The van der Waals surface area contributed by atoms with Gasteiger partial charge < -0.3 is 14.9 Å². The zero-order valence-electron chi connectivity index (χ0n) is 9.17. The van der Waals surface area contributed by atoms with Crippen molar-refractivity contribution in [2.45, 2.75) is 12.8 Å². The monoisotopic (exact) mass is 306 g/mol. The summed E-state index contributed by atoms with van der Waals surface area (Å²) in [6.07, 6.45) is -0.215. The fourth-order valence-corrected chi connectivity index (χ4v) is 1.93. The lowest BCUT2D eigenvalue weighted by molar-refractivity contribution is -0.139. The fourth-order valence-electron chi connectivity index (χ4n) is 1.49. The number of benzene rings is 1. The Morgan fingerprint density at radius 2 is 2.18 bits per heavy atom. The predicted molar refractivity (Wildman–Crippen MR) is 62.3 cm³/mol. The number of hydrogen-bond acceptors (Lipinski definition) is 4. The number of carbonyl (C=O) groups is 1. The van der Waals surface area contributed by atoms with Crippen molar-refractivity contribution in [3.05, 3.63) is 27.5 Å². The number of ether oxygens (including phenoxy) is 1. The highest BCUT2D eigenvalue weighted by atomic mass is 79.9. The second-order valence-electron chi connectivity index (χ2n) is 3.37. The molecule has 1 aromatic rings. The molecule has 0 aromatic heterocycles. The molecule has 0 unspecified atom stereocenters. The second-order valence-corrected chi connectivity index (χ2v) is 4.23. The summed E-state index contributed by atoms with van der Waals surface area (Å²) in [5.41, 5.74) is 0.261. The normalized spacial score (nSPS) is 10.4. The molecule has 17 heavy (non-hydrogen) atoms. The first-order valence-electron chi connectivity index (χ1n) is 4.87. The molecule has 0 saturated carbocycles. The van der Waals surface area contributed by atoms with E-state index in [1.165, 1.54) is 7.11 Å². The summed E-state index contributed by atoms with van der Waals surface area (Å²) >= 11 is 3.00. The van der Waals surface area contributed by atoms with Crippen LogP contribution in [0.1, 0.15) is 11.1 Å². The summed E-state index contributed by atoms with van der Waals surface area (Å²) in [6, 6.07) is 1.08. The molecule has 6 heteroatoms. The smallest absolute Gasteiger partial charge is 0.310 e. The van der Waals surface area contributed by atoms with E-state index in [0.717, 1.165) is 6.07 Å². The van der Waals surface area contributed by atoms with Gasteiger partial charge in [0.05, 0.1) is 18.0 Å². The maximum Gasteiger partial charge on any atom is 0.310 e. The van der Waals surface area contributed by atoms with Crippen LogP contribution in [-0.2, 0) is 22.4 Å². The third-order valence-corrected chi connectivity index (χ3v) is 2.93. The van der Waals surface area contributed by atoms with Gasteiger partial charge in [-0.05, 0) is 28.4 Å². The van der Waals surface area contributed by atoms with Crippen molar-refractivity contribution >= 4 is 21.9 Å². The number of hydrogen-bond donors (Lipinski definition) is 2. The van der Waals surface area contributed by atoms with E-state index in [9.17, 15) is 14.3 Å². The number of rotatable bonds is 4. The van der Waals surface area contributed by atoms with Crippen LogP contribution < -0.4 is 0 Å². The highest BCUT2D eigenvalue weighted by molar-refractivity contribution is 9.10. The molecule has 0 aliphatic carbocycles. The number of phenols is 1. The minimum Gasteiger partial charge on any atom is -0.506 e. The van der Waals surface area contributed by atoms with Crippen LogP contribution in [0.3, 0.4) is 0 Å². The molecule has 0 heterocycles. The Morgan fingerprint density at radius 1 is 1.53 bits per heavy atom. The molecule has 4 nitrogen and oxygen atoms in total. The summed E-state index contributed by atoms with van der Waals surface area (Å²) in [6.45, 7) is -0.252. The van der Waals surface area contributed by atoms with Gasteiger partial charge in [0.2, 0.25) is 0 Å². The molecule has 0 fully saturated rings. The third kappa shape index (κ3) is 3.17. The van der Waals surface area contributed by atoms with E-state index in [1.807, 2.05) is 0 Å². The minimum absolute atomic E-state index is 0.0478. The number of aromatic hydroxyl groups is 1. The first-order chi connectivity index (χ1) is 8.01. The predicted octanol–water partition coefficient (Wildman–Crippen LogP) is 1.54. The van der Waals surface area contributed by atoms with Gasteiger partial charge in [0.1, 0.15) is 11.6 Å². The Morgan fingerprint density at radius 3 is 2.71 bits per heavy atom. The van der Waals surface area contributed by atoms with Gasteiger partial charge in [0.15, 0.2) is 0 Å². The molecular weight excluding hydrogens is 295 g/mol. The number of aliphatic hydroxyl groups excluding tert-OH is 1. The van der Waals surface area contributed by atoms with Crippen LogP contribution >= 0.6 is 15.9 Å². The van der Waals surface area contributed by atoms with E-state index in [2.05, 4.69) is 20.7 Å². The van der Waals surface area contributed by atoms with Gasteiger partial charge in [0.25, 0.3) is 0 Å². The molecular formula is C11H12BrFO4. The average molecular weight is 307 g/mol. The van der Waals surface area contributed by atoms with E-state index in [-0.39, 0.29) is 40.8 Å². The number of halogens is 2. The van der Waals surface area contributed by atoms with Crippen molar-refractivity contribution in [3.8, 4) is 5.75 Å². The number of methoxy groups -OCH3 is 1. The lowest BCUT2D eigenvalue weighted by Gasteiger charge is -2.12. The SMILES string of the molecule is COC(=O)Cc1c(F)cc(Br)c(O)c1CCO. The van der Waals surface area contributed by atoms with Crippen molar-refractivity contribution < 1.29 is 24.1 Å². The van der Waals surface area contributed by atoms with Crippen LogP contribution in [0, 0.1) is 5.82 Å². The van der Waals surface area contributed by atoms with Crippen molar-refractivity contribution in [2.75, 3.05) is 13.7 Å². The molecule has 0 spiro atoms. The Kier molecular flexibility index (Phi) is 4.89. The van der Waals surface area contributed by atoms with Crippen LogP contribution in [0.4, 0.5) is 4.39 Å². The number of phenolic OH excluding ortho intramolecular Hbond substituents is 1. The molecule has 0 aliphatic heterocycles.